The first-order valence-corrected chi connectivity index (χ1v) is 14.5. The molecule has 0 spiro atoms. The van der Waals surface area contributed by atoms with Gasteiger partial charge in [0.25, 0.3) is 5.91 Å². The molecule has 192 valence electrons. The average Bonchev–Trinajstić information content (AvgIpc) is 3.61. The summed E-state index contributed by atoms with van der Waals surface area (Å²) in [4.78, 5) is 11.5. The van der Waals surface area contributed by atoms with Crippen LogP contribution in [0.5, 0.6) is 0 Å². The van der Waals surface area contributed by atoms with E-state index in [-0.39, 0.29) is 5.69 Å². The number of hydrogen-bond donors (Lipinski definition) is 1. The molecule has 2 N–H and O–H groups in total. The molecule has 2 aromatic heterocycles. The highest BCUT2D eigenvalue weighted by Crippen LogP contribution is 2.46. The number of aryl methyl sites for hydroxylation is 1. The van der Waals surface area contributed by atoms with Crippen LogP contribution in [0.1, 0.15) is 46.1 Å². The van der Waals surface area contributed by atoms with Gasteiger partial charge >= 0.3 is 0 Å². The van der Waals surface area contributed by atoms with E-state index >= 15 is 0 Å². The van der Waals surface area contributed by atoms with E-state index in [1.54, 1.807) is 15.1 Å². The van der Waals surface area contributed by atoms with Crippen LogP contribution >= 0.6 is 0 Å². The average molecular weight is 518 g/mol. The van der Waals surface area contributed by atoms with Gasteiger partial charge in [-0.05, 0) is 79.0 Å². The topological polar surface area (TPSA) is 103 Å². The van der Waals surface area contributed by atoms with Crippen LogP contribution in [0.2, 0.25) is 0 Å². The zero-order valence-corrected chi connectivity index (χ0v) is 21.9. The maximum Gasteiger partial charge on any atom is 0.269 e. The molecule has 0 unspecified atom stereocenters. The Hall–Kier alpha value is -3.43. The van der Waals surface area contributed by atoms with E-state index in [4.69, 9.17) is 5.73 Å². The summed E-state index contributed by atoms with van der Waals surface area (Å²) in [6.07, 6.45) is 5.55. The Kier molecular flexibility index (Phi) is 5.72. The van der Waals surface area contributed by atoms with E-state index in [0.29, 0.717) is 30.8 Å². The summed E-state index contributed by atoms with van der Waals surface area (Å²) in [7, 11) is -3.08. The quantitative estimate of drug-likeness (QED) is 0.421. The highest BCUT2D eigenvalue weighted by Gasteiger charge is 2.43. The van der Waals surface area contributed by atoms with Crippen molar-refractivity contribution in [2.45, 2.75) is 32.2 Å². The predicted octanol–water partition coefficient (Wildman–Crippen LogP) is 3.67. The number of amides is 1. The summed E-state index contributed by atoms with van der Waals surface area (Å²) in [6, 6.07) is 18.9. The zero-order valence-electron chi connectivity index (χ0n) is 21.0. The Morgan fingerprint density at radius 2 is 1.73 bits per heavy atom. The molecule has 1 saturated heterocycles. The Bertz CT molecular complexity index is 1590. The number of benzene rings is 2. The van der Waals surface area contributed by atoms with Crippen molar-refractivity contribution in [3.05, 3.63) is 83.3 Å². The molecule has 6 rings (SSSR count). The Morgan fingerprint density at radius 3 is 2.35 bits per heavy atom. The van der Waals surface area contributed by atoms with E-state index in [0.717, 1.165) is 41.7 Å². The lowest BCUT2D eigenvalue weighted by molar-refractivity contribution is 0.0995. The Labute approximate surface area is 216 Å². The van der Waals surface area contributed by atoms with Crippen molar-refractivity contribution in [3.8, 4) is 5.69 Å². The Balaban J connectivity index is 1.15. The number of primary amides is 1. The van der Waals surface area contributed by atoms with Crippen molar-refractivity contribution in [3.63, 3.8) is 0 Å². The molecule has 1 aliphatic heterocycles. The summed E-state index contributed by atoms with van der Waals surface area (Å²) in [5.74, 6) is 0.929. The fraction of sp³-hybridized carbons (Fsp3) is 0.357. The number of carbonyl (C=O) groups excluding carboxylic acids is 1. The number of rotatable bonds is 6. The minimum Gasteiger partial charge on any atom is -0.364 e. The maximum absolute atomic E-state index is 11.9. The fourth-order valence-electron chi connectivity index (χ4n) is 6.21. The number of aromatic nitrogens is 3. The van der Waals surface area contributed by atoms with E-state index in [2.05, 4.69) is 58.3 Å². The van der Waals surface area contributed by atoms with Crippen LogP contribution in [-0.2, 0) is 16.6 Å². The highest BCUT2D eigenvalue weighted by molar-refractivity contribution is 7.88. The molecule has 1 aliphatic carbocycles. The standard InChI is InChI=1S/C28H31N5O3S/c1-18-11-26(28(29)34)30-33(18)25-7-8-27-21(14-25)9-10-31(27)15-19-3-5-20(6-4-19)22-12-23-16-32(37(2,35)36)17-24(23)13-22/h3-11,14,22-24H,12-13,15-17H2,1-2H3,(H2,29,34)/t22-,23+,24-. The van der Waals surface area contributed by atoms with Crippen molar-refractivity contribution in [2.75, 3.05) is 19.3 Å². The van der Waals surface area contributed by atoms with Gasteiger partial charge in [0.05, 0.1) is 11.9 Å². The first kappa shape index (κ1) is 23.9. The van der Waals surface area contributed by atoms with Gasteiger partial charge in [0.15, 0.2) is 5.69 Å². The first-order valence-electron chi connectivity index (χ1n) is 12.7. The third-order valence-electron chi connectivity index (χ3n) is 8.13. The van der Waals surface area contributed by atoms with Gasteiger partial charge in [-0.2, -0.15) is 5.10 Å². The summed E-state index contributed by atoms with van der Waals surface area (Å²) >= 11 is 0. The second-order valence-corrected chi connectivity index (χ2v) is 12.6. The molecule has 8 nitrogen and oxygen atoms in total. The molecule has 0 bridgehead atoms. The molecule has 3 atom stereocenters. The van der Waals surface area contributed by atoms with Crippen LogP contribution in [0.4, 0.5) is 0 Å². The van der Waals surface area contributed by atoms with Gasteiger partial charge in [0.1, 0.15) is 0 Å². The lowest BCUT2D eigenvalue weighted by Crippen LogP contribution is -2.28. The molecular formula is C28H31N5O3S. The van der Waals surface area contributed by atoms with Crippen molar-refractivity contribution in [1.82, 2.24) is 18.7 Å². The Morgan fingerprint density at radius 1 is 1.03 bits per heavy atom. The zero-order chi connectivity index (χ0) is 25.9. The fourth-order valence-corrected chi connectivity index (χ4v) is 7.13. The third-order valence-corrected chi connectivity index (χ3v) is 9.37. The lowest BCUT2D eigenvalue weighted by atomic mass is 9.95. The van der Waals surface area contributed by atoms with Crippen LogP contribution in [-0.4, -0.2) is 52.3 Å². The second kappa shape index (κ2) is 8.85. The molecule has 1 saturated carbocycles. The van der Waals surface area contributed by atoms with Crippen molar-refractivity contribution in [2.24, 2.45) is 17.6 Å². The molecule has 2 aromatic carbocycles. The van der Waals surface area contributed by atoms with Crippen molar-refractivity contribution >= 4 is 26.8 Å². The minimum absolute atomic E-state index is 0.260. The number of nitrogens with two attached hydrogens (primary N) is 1. The van der Waals surface area contributed by atoms with Crippen LogP contribution in [0.15, 0.2) is 60.8 Å². The number of fused-ring (bicyclic) bond motifs is 2. The summed E-state index contributed by atoms with van der Waals surface area (Å²) in [5, 5.41) is 5.44. The van der Waals surface area contributed by atoms with E-state index in [1.807, 2.05) is 13.0 Å². The van der Waals surface area contributed by atoms with E-state index in [9.17, 15) is 13.2 Å². The number of nitrogens with zero attached hydrogens (tertiary/aromatic N) is 4. The van der Waals surface area contributed by atoms with Crippen LogP contribution < -0.4 is 5.73 Å². The molecule has 0 radical (unpaired) electrons. The maximum atomic E-state index is 11.9. The molecule has 37 heavy (non-hydrogen) atoms. The molecule has 9 heteroatoms. The summed E-state index contributed by atoms with van der Waals surface area (Å²) in [5.41, 5.74) is 11.1. The minimum atomic E-state index is -3.08. The smallest absolute Gasteiger partial charge is 0.269 e. The SMILES string of the molecule is Cc1cc(C(N)=O)nn1-c1ccc2c(ccn2Cc2ccc([C@H]3C[C@@H]4CN(S(C)(=O)=O)C[C@@H]4C3)cc2)c1. The largest absolute Gasteiger partial charge is 0.364 e. The van der Waals surface area contributed by atoms with Crippen LogP contribution in [0, 0.1) is 18.8 Å². The summed E-state index contributed by atoms with van der Waals surface area (Å²) < 4.78 is 29.4. The normalized spacial score (nSPS) is 22.1. The third kappa shape index (κ3) is 4.46. The molecular weight excluding hydrogens is 486 g/mol. The van der Waals surface area contributed by atoms with Gasteiger partial charge in [0.2, 0.25) is 10.0 Å². The highest BCUT2D eigenvalue weighted by atomic mass is 32.2. The number of hydrogen-bond acceptors (Lipinski definition) is 4. The number of sulfonamides is 1. The molecule has 2 fully saturated rings. The van der Waals surface area contributed by atoms with Gasteiger partial charge in [-0.1, -0.05) is 24.3 Å². The molecule has 4 aromatic rings. The first-order chi connectivity index (χ1) is 17.7. The van der Waals surface area contributed by atoms with E-state index in [1.165, 1.54) is 17.4 Å². The van der Waals surface area contributed by atoms with Crippen molar-refractivity contribution < 1.29 is 13.2 Å². The molecule has 2 aliphatic rings. The van der Waals surface area contributed by atoms with Gasteiger partial charge in [-0.15, -0.1) is 0 Å². The van der Waals surface area contributed by atoms with Crippen molar-refractivity contribution in [1.29, 1.82) is 0 Å². The molecule has 1 amide bonds. The van der Waals surface area contributed by atoms with Crippen LogP contribution in [0.3, 0.4) is 0 Å². The number of carbonyl (C=O) groups is 1. The van der Waals surface area contributed by atoms with Gasteiger partial charge in [0, 0.05) is 42.4 Å². The second-order valence-electron chi connectivity index (χ2n) is 10.6. The van der Waals surface area contributed by atoms with Gasteiger partial charge in [-0.25, -0.2) is 17.4 Å². The lowest BCUT2D eigenvalue weighted by Gasteiger charge is -2.17. The monoisotopic (exact) mass is 517 g/mol. The van der Waals surface area contributed by atoms with Crippen LogP contribution in [0.25, 0.3) is 16.6 Å². The summed E-state index contributed by atoms with van der Waals surface area (Å²) in [6.45, 7) is 4.02. The van der Waals surface area contributed by atoms with Gasteiger partial charge in [-0.3, -0.25) is 4.79 Å². The predicted molar refractivity (Wildman–Crippen MR) is 143 cm³/mol. The van der Waals surface area contributed by atoms with E-state index < -0.39 is 15.9 Å². The molecule has 3 heterocycles. The van der Waals surface area contributed by atoms with Gasteiger partial charge < -0.3 is 10.3 Å².